The van der Waals surface area contributed by atoms with Gasteiger partial charge < -0.3 is 10.1 Å². The lowest BCUT2D eigenvalue weighted by Gasteiger charge is -2.14. The smallest absolute Gasteiger partial charge is 0.234 e. The number of unbranched alkanes of at least 4 members (excludes halogenated alkanes) is 1. The van der Waals surface area contributed by atoms with Gasteiger partial charge in [0.25, 0.3) is 0 Å². The maximum atomic E-state index is 11.7. The first-order valence-corrected chi connectivity index (χ1v) is 8.71. The van der Waals surface area contributed by atoms with Crippen molar-refractivity contribution in [3.63, 3.8) is 0 Å². The molecule has 1 aromatic rings. The average Bonchev–Trinajstić information content (AvgIpc) is 2.51. The van der Waals surface area contributed by atoms with E-state index in [9.17, 15) is 4.79 Å². The Morgan fingerprint density at radius 3 is 2.52 bits per heavy atom. The lowest BCUT2D eigenvalue weighted by molar-refractivity contribution is -0.121. The SMILES string of the molecule is CCCN(C)CC(=O)NCCCCOc1ccc(C(C)C)cc1. The molecule has 0 spiro atoms. The molecule has 0 aromatic heterocycles. The first-order valence-electron chi connectivity index (χ1n) is 8.71. The van der Waals surface area contributed by atoms with Gasteiger partial charge in [-0.15, -0.1) is 0 Å². The largest absolute Gasteiger partial charge is 0.494 e. The standard InChI is InChI=1S/C19H32N2O2/c1-5-13-21(4)15-19(22)20-12-6-7-14-23-18-10-8-17(9-11-18)16(2)3/h8-11,16H,5-7,12-15H2,1-4H3,(H,20,22). The summed E-state index contributed by atoms with van der Waals surface area (Å²) in [6.45, 7) is 9.32. The number of rotatable bonds is 11. The van der Waals surface area contributed by atoms with Gasteiger partial charge in [-0.25, -0.2) is 0 Å². The average molecular weight is 320 g/mol. The third kappa shape index (κ3) is 8.60. The number of benzene rings is 1. The molecule has 1 rings (SSSR count). The molecule has 4 nitrogen and oxygen atoms in total. The van der Waals surface area contributed by atoms with E-state index in [0.717, 1.165) is 31.6 Å². The second kappa shape index (κ2) is 11.1. The molecule has 0 heterocycles. The highest BCUT2D eigenvalue weighted by atomic mass is 16.5. The number of nitrogens with zero attached hydrogens (tertiary/aromatic N) is 1. The molecule has 0 atom stereocenters. The fourth-order valence-electron chi connectivity index (χ4n) is 2.36. The van der Waals surface area contributed by atoms with Gasteiger partial charge in [0.05, 0.1) is 13.2 Å². The topological polar surface area (TPSA) is 41.6 Å². The fraction of sp³-hybridized carbons (Fsp3) is 0.632. The first kappa shape index (κ1) is 19.5. The Bertz CT molecular complexity index is 443. The lowest BCUT2D eigenvalue weighted by atomic mass is 10.0. The van der Waals surface area contributed by atoms with Crippen molar-refractivity contribution < 1.29 is 9.53 Å². The summed E-state index contributed by atoms with van der Waals surface area (Å²) in [5.41, 5.74) is 1.33. The molecule has 23 heavy (non-hydrogen) atoms. The minimum atomic E-state index is 0.103. The summed E-state index contributed by atoms with van der Waals surface area (Å²) < 4.78 is 5.72. The Hall–Kier alpha value is -1.55. The van der Waals surface area contributed by atoms with Crippen molar-refractivity contribution in [1.29, 1.82) is 0 Å². The molecule has 1 N–H and O–H groups in total. The highest BCUT2D eigenvalue weighted by Gasteiger charge is 2.04. The van der Waals surface area contributed by atoms with E-state index < -0.39 is 0 Å². The molecule has 0 aliphatic rings. The van der Waals surface area contributed by atoms with E-state index in [-0.39, 0.29) is 5.91 Å². The molecule has 0 unspecified atom stereocenters. The Balaban J connectivity index is 2.08. The molecule has 1 amide bonds. The van der Waals surface area contributed by atoms with Gasteiger partial charge in [-0.1, -0.05) is 32.9 Å². The molecular weight excluding hydrogens is 288 g/mol. The maximum absolute atomic E-state index is 11.7. The molecule has 0 saturated heterocycles. The van der Waals surface area contributed by atoms with Gasteiger partial charge >= 0.3 is 0 Å². The molecule has 4 heteroatoms. The molecule has 0 fully saturated rings. The number of carbonyl (C=O) groups is 1. The second-order valence-corrected chi connectivity index (χ2v) is 6.37. The summed E-state index contributed by atoms with van der Waals surface area (Å²) in [7, 11) is 1.97. The predicted molar refractivity (Wildman–Crippen MR) is 96.1 cm³/mol. The highest BCUT2D eigenvalue weighted by Crippen LogP contribution is 2.18. The van der Waals surface area contributed by atoms with Crippen LogP contribution in [0.2, 0.25) is 0 Å². The van der Waals surface area contributed by atoms with E-state index in [1.54, 1.807) is 0 Å². The van der Waals surface area contributed by atoms with Crippen molar-refractivity contribution in [3.8, 4) is 5.75 Å². The summed E-state index contributed by atoms with van der Waals surface area (Å²) in [5.74, 6) is 1.56. The van der Waals surface area contributed by atoms with Crippen LogP contribution in [0.1, 0.15) is 51.5 Å². The molecular formula is C19H32N2O2. The van der Waals surface area contributed by atoms with Crippen molar-refractivity contribution in [2.24, 2.45) is 0 Å². The van der Waals surface area contributed by atoms with Crippen LogP contribution < -0.4 is 10.1 Å². The lowest BCUT2D eigenvalue weighted by Crippen LogP contribution is -2.35. The van der Waals surface area contributed by atoms with Crippen molar-refractivity contribution in [2.45, 2.75) is 46.0 Å². The third-order valence-electron chi connectivity index (χ3n) is 3.73. The van der Waals surface area contributed by atoms with Crippen LogP contribution in [-0.2, 0) is 4.79 Å². The second-order valence-electron chi connectivity index (χ2n) is 6.37. The first-order chi connectivity index (χ1) is 11.0. The Kier molecular flexibility index (Phi) is 9.37. The molecule has 1 aromatic carbocycles. The quantitative estimate of drug-likeness (QED) is 0.635. The minimum absolute atomic E-state index is 0.103. The van der Waals surface area contributed by atoms with E-state index in [4.69, 9.17) is 4.74 Å². The summed E-state index contributed by atoms with van der Waals surface area (Å²) in [6.07, 6.45) is 2.95. The molecule has 0 radical (unpaired) electrons. The Morgan fingerprint density at radius 1 is 1.22 bits per heavy atom. The monoisotopic (exact) mass is 320 g/mol. The molecule has 0 saturated carbocycles. The number of likely N-dealkylation sites (N-methyl/N-ethyl adjacent to an activating group) is 1. The number of ether oxygens (including phenoxy) is 1. The van der Waals surface area contributed by atoms with Crippen LogP contribution >= 0.6 is 0 Å². The van der Waals surface area contributed by atoms with Gasteiger partial charge in [-0.3, -0.25) is 9.69 Å². The zero-order chi connectivity index (χ0) is 17.1. The van der Waals surface area contributed by atoms with Crippen LogP contribution in [0.4, 0.5) is 0 Å². The molecule has 130 valence electrons. The summed E-state index contributed by atoms with van der Waals surface area (Å²) in [4.78, 5) is 13.7. The van der Waals surface area contributed by atoms with Crippen molar-refractivity contribution >= 4 is 5.91 Å². The molecule has 0 aliphatic carbocycles. The number of hydrogen-bond acceptors (Lipinski definition) is 3. The van der Waals surface area contributed by atoms with Gasteiger partial charge in [0, 0.05) is 6.54 Å². The van der Waals surface area contributed by atoms with E-state index >= 15 is 0 Å². The van der Waals surface area contributed by atoms with Crippen LogP contribution in [-0.4, -0.2) is 44.1 Å². The molecule has 0 aliphatic heterocycles. The van der Waals surface area contributed by atoms with E-state index in [1.807, 2.05) is 24.1 Å². The van der Waals surface area contributed by atoms with Gasteiger partial charge in [-0.2, -0.15) is 0 Å². The van der Waals surface area contributed by atoms with Gasteiger partial charge in [0.2, 0.25) is 5.91 Å². The Labute approximate surface area is 141 Å². The van der Waals surface area contributed by atoms with Crippen molar-refractivity contribution in [2.75, 3.05) is 33.3 Å². The summed E-state index contributed by atoms with van der Waals surface area (Å²) in [6, 6.07) is 8.29. The van der Waals surface area contributed by atoms with Gasteiger partial charge in [0.15, 0.2) is 0 Å². The number of nitrogens with one attached hydrogen (secondary N) is 1. The van der Waals surface area contributed by atoms with Crippen LogP contribution in [0.15, 0.2) is 24.3 Å². The van der Waals surface area contributed by atoms with Gasteiger partial charge in [-0.05, 0) is 56.5 Å². The van der Waals surface area contributed by atoms with Crippen LogP contribution in [0.5, 0.6) is 5.75 Å². The zero-order valence-corrected chi connectivity index (χ0v) is 15.1. The highest BCUT2D eigenvalue weighted by molar-refractivity contribution is 5.77. The third-order valence-corrected chi connectivity index (χ3v) is 3.73. The van der Waals surface area contributed by atoms with E-state index in [2.05, 4.69) is 38.2 Å². The zero-order valence-electron chi connectivity index (χ0n) is 15.1. The number of amides is 1. The van der Waals surface area contributed by atoms with Crippen molar-refractivity contribution in [3.05, 3.63) is 29.8 Å². The van der Waals surface area contributed by atoms with Crippen LogP contribution in [0.25, 0.3) is 0 Å². The molecule has 0 bridgehead atoms. The van der Waals surface area contributed by atoms with Crippen molar-refractivity contribution in [1.82, 2.24) is 10.2 Å². The fourth-order valence-corrected chi connectivity index (χ4v) is 2.36. The minimum Gasteiger partial charge on any atom is -0.494 e. The summed E-state index contributed by atoms with van der Waals surface area (Å²) >= 11 is 0. The van der Waals surface area contributed by atoms with Crippen LogP contribution in [0.3, 0.4) is 0 Å². The van der Waals surface area contributed by atoms with E-state index in [0.29, 0.717) is 25.6 Å². The predicted octanol–water partition coefficient (Wildman–Crippen LogP) is 3.43. The summed E-state index contributed by atoms with van der Waals surface area (Å²) in [5, 5.41) is 2.95. The maximum Gasteiger partial charge on any atom is 0.234 e. The van der Waals surface area contributed by atoms with E-state index in [1.165, 1.54) is 5.56 Å². The Morgan fingerprint density at radius 2 is 1.91 bits per heavy atom. The normalized spacial score (nSPS) is 11.0. The number of hydrogen-bond donors (Lipinski definition) is 1. The van der Waals surface area contributed by atoms with Crippen LogP contribution in [0, 0.1) is 0 Å². The van der Waals surface area contributed by atoms with Gasteiger partial charge in [0.1, 0.15) is 5.75 Å². The number of carbonyl (C=O) groups excluding carboxylic acids is 1.